The molecule has 0 amide bonds. The third kappa shape index (κ3) is 4.99. The van der Waals surface area contributed by atoms with Gasteiger partial charge in [0.1, 0.15) is 6.61 Å². The molecule has 0 fully saturated rings. The number of hydrazone groups is 1. The number of benzene rings is 2. The topological polar surface area (TPSA) is 68.9 Å². The van der Waals surface area contributed by atoms with Gasteiger partial charge in [-0.3, -0.25) is 5.43 Å². The molecule has 0 saturated carbocycles. The third-order valence-electron chi connectivity index (χ3n) is 2.97. The Labute approximate surface area is 155 Å². The van der Waals surface area contributed by atoms with Crippen LogP contribution in [0.3, 0.4) is 0 Å². The van der Waals surface area contributed by atoms with Crippen molar-refractivity contribution in [3.63, 3.8) is 0 Å². The molecule has 0 saturated heterocycles. The molecular formula is C16H15Cl2N3O2S. The molecule has 3 N–H and O–H groups in total. The predicted molar refractivity (Wildman–Crippen MR) is 101 cm³/mol. The third-order valence-corrected chi connectivity index (χ3v) is 3.81. The Bertz CT molecular complexity index is 769. The molecule has 24 heavy (non-hydrogen) atoms. The van der Waals surface area contributed by atoms with Gasteiger partial charge >= 0.3 is 0 Å². The van der Waals surface area contributed by atoms with Crippen molar-refractivity contribution in [2.24, 2.45) is 10.8 Å². The molecule has 0 heterocycles. The zero-order valence-corrected chi connectivity index (χ0v) is 15.1. The summed E-state index contributed by atoms with van der Waals surface area (Å²) in [5, 5.41) is 4.99. The summed E-state index contributed by atoms with van der Waals surface area (Å²) in [7, 11) is 1.57. The molecule has 126 valence electrons. The highest BCUT2D eigenvalue weighted by Crippen LogP contribution is 2.31. The van der Waals surface area contributed by atoms with Crippen LogP contribution in [0.25, 0.3) is 0 Å². The largest absolute Gasteiger partial charge is 0.493 e. The predicted octanol–water partition coefficient (Wildman–Crippen LogP) is 3.75. The summed E-state index contributed by atoms with van der Waals surface area (Å²) in [4.78, 5) is 0. The molecule has 0 bridgehead atoms. The minimum Gasteiger partial charge on any atom is -0.493 e. The van der Waals surface area contributed by atoms with Gasteiger partial charge in [0.25, 0.3) is 0 Å². The summed E-state index contributed by atoms with van der Waals surface area (Å²) >= 11 is 16.6. The van der Waals surface area contributed by atoms with Crippen LogP contribution < -0.4 is 20.6 Å². The van der Waals surface area contributed by atoms with Crippen molar-refractivity contribution < 1.29 is 9.47 Å². The maximum Gasteiger partial charge on any atom is 0.184 e. The van der Waals surface area contributed by atoms with Crippen LogP contribution in [0.1, 0.15) is 11.1 Å². The van der Waals surface area contributed by atoms with Crippen molar-refractivity contribution in [3.8, 4) is 11.5 Å². The van der Waals surface area contributed by atoms with Gasteiger partial charge in [-0.15, -0.1) is 0 Å². The summed E-state index contributed by atoms with van der Waals surface area (Å²) in [5.74, 6) is 1.12. The minimum absolute atomic E-state index is 0.0763. The monoisotopic (exact) mass is 383 g/mol. The molecular weight excluding hydrogens is 369 g/mol. The summed E-state index contributed by atoms with van der Waals surface area (Å²) in [6.45, 7) is 0.292. The number of rotatable bonds is 6. The number of ether oxygens (including phenoxy) is 2. The van der Waals surface area contributed by atoms with E-state index in [1.165, 1.54) is 0 Å². The normalized spacial score (nSPS) is 10.6. The van der Waals surface area contributed by atoms with E-state index in [2.05, 4.69) is 10.5 Å². The zero-order valence-electron chi connectivity index (χ0n) is 12.8. The van der Waals surface area contributed by atoms with Gasteiger partial charge in [0, 0.05) is 5.56 Å². The van der Waals surface area contributed by atoms with Crippen molar-refractivity contribution in [1.82, 2.24) is 5.43 Å². The van der Waals surface area contributed by atoms with Crippen LogP contribution in [0, 0.1) is 0 Å². The van der Waals surface area contributed by atoms with E-state index in [-0.39, 0.29) is 5.11 Å². The Morgan fingerprint density at radius 2 is 2.08 bits per heavy atom. The highest BCUT2D eigenvalue weighted by molar-refractivity contribution is 7.80. The maximum absolute atomic E-state index is 6.02. The van der Waals surface area contributed by atoms with Gasteiger partial charge in [-0.2, -0.15) is 5.10 Å². The average Bonchev–Trinajstić information content (AvgIpc) is 2.56. The molecule has 8 heteroatoms. The maximum atomic E-state index is 6.02. The van der Waals surface area contributed by atoms with Crippen LogP contribution in [-0.4, -0.2) is 18.4 Å². The summed E-state index contributed by atoms with van der Waals surface area (Å²) in [6, 6.07) is 10.8. The van der Waals surface area contributed by atoms with Crippen molar-refractivity contribution in [1.29, 1.82) is 0 Å². The first-order chi connectivity index (χ1) is 11.5. The molecule has 0 atom stereocenters. The van der Waals surface area contributed by atoms with E-state index >= 15 is 0 Å². The molecule has 0 radical (unpaired) electrons. The Morgan fingerprint density at radius 3 is 2.75 bits per heavy atom. The minimum atomic E-state index is 0.0763. The Hall–Kier alpha value is -2.02. The molecule has 0 aliphatic rings. The lowest BCUT2D eigenvalue weighted by Crippen LogP contribution is -2.24. The van der Waals surface area contributed by atoms with Crippen LogP contribution in [-0.2, 0) is 6.61 Å². The summed E-state index contributed by atoms with van der Waals surface area (Å²) in [6.07, 6.45) is 1.55. The van der Waals surface area contributed by atoms with Crippen molar-refractivity contribution in [3.05, 3.63) is 57.6 Å². The number of nitrogens with zero attached hydrogens (tertiary/aromatic N) is 1. The first-order valence-corrected chi connectivity index (χ1v) is 8.00. The smallest absolute Gasteiger partial charge is 0.184 e. The number of methoxy groups -OCH3 is 1. The van der Waals surface area contributed by atoms with Crippen LogP contribution in [0.15, 0.2) is 41.5 Å². The molecule has 0 unspecified atom stereocenters. The number of nitrogens with one attached hydrogen (secondary N) is 1. The zero-order chi connectivity index (χ0) is 17.5. The van der Waals surface area contributed by atoms with Gasteiger partial charge in [0.2, 0.25) is 0 Å². The second-order valence-corrected chi connectivity index (χ2v) is 5.90. The molecule has 2 aromatic rings. The number of hydrogen-bond acceptors (Lipinski definition) is 4. The Kier molecular flexibility index (Phi) is 6.66. The van der Waals surface area contributed by atoms with Crippen molar-refractivity contribution in [2.75, 3.05) is 7.11 Å². The van der Waals surface area contributed by atoms with E-state index in [0.29, 0.717) is 33.7 Å². The molecule has 5 nitrogen and oxygen atoms in total. The molecule has 0 spiro atoms. The van der Waals surface area contributed by atoms with Crippen molar-refractivity contribution >= 4 is 46.7 Å². The van der Waals surface area contributed by atoms with Crippen LogP contribution in [0.5, 0.6) is 11.5 Å². The number of thiocarbonyl (C=S) groups is 1. The van der Waals surface area contributed by atoms with Gasteiger partial charge in [0.15, 0.2) is 16.6 Å². The average molecular weight is 384 g/mol. The van der Waals surface area contributed by atoms with E-state index in [9.17, 15) is 0 Å². The van der Waals surface area contributed by atoms with E-state index in [1.54, 1.807) is 31.5 Å². The highest BCUT2D eigenvalue weighted by atomic mass is 35.5. The van der Waals surface area contributed by atoms with E-state index in [1.807, 2.05) is 18.2 Å². The number of nitrogens with two attached hydrogens (primary N) is 1. The quantitative estimate of drug-likeness (QED) is 0.451. The summed E-state index contributed by atoms with van der Waals surface area (Å²) < 4.78 is 11.2. The molecule has 0 aliphatic carbocycles. The Morgan fingerprint density at radius 1 is 1.29 bits per heavy atom. The fourth-order valence-electron chi connectivity index (χ4n) is 1.90. The van der Waals surface area contributed by atoms with Gasteiger partial charge in [-0.1, -0.05) is 35.3 Å². The Balaban J connectivity index is 2.21. The van der Waals surface area contributed by atoms with Crippen LogP contribution >= 0.6 is 35.4 Å². The first kappa shape index (κ1) is 18.3. The number of hydrogen-bond donors (Lipinski definition) is 2. The number of para-hydroxylation sites is 1. The lowest BCUT2D eigenvalue weighted by molar-refractivity contribution is 0.284. The fraction of sp³-hybridized carbons (Fsp3) is 0.125. The van der Waals surface area contributed by atoms with Crippen LogP contribution in [0.4, 0.5) is 0 Å². The van der Waals surface area contributed by atoms with Gasteiger partial charge < -0.3 is 15.2 Å². The second kappa shape index (κ2) is 8.73. The SMILES string of the molecule is COc1cccc(/C=N/NC(N)=S)c1OCc1ccc(Cl)c(Cl)c1. The fourth-order valence-corrected chi connectivity index (χ4v) is 2.27. The number of halogens is 2. The van der Waals surface area contributed by atoms with Gasteiger partial charge in [-0.05, 0) is 42.0 Å². The molecule has 0 aromatic heterocycles. The molecule has 2 rings (SSSR count). The van der Waals surface area contributed by atoms with E-state index < -0.39 is 0 Å². The lowest BCUT2D eigenvalue weighted by atomic mass is 10.2. The van der Waals surface area contributed by atoms with Crippen LogP contribution in [0.2, 0.25) is 10.0 Å². The second-order valence-electron chi connectivity index (χ2n) is 4.65. The highest BCUT2D eigenvalue weighted by Gasteiger charge is 2.10. The molecule has 2 aromatic carbocycles. The van der Waals surface area contributed by atoms with E-state index in [0.717, 1.165) is 5.56 Å². The van der Waals surface area contributed by atoms with Crippen molar-refractivity contribution in [2.45, 2.75) is 6.61 Å². The first-order valence-electron chi connectivity index (χ1n) is 6.83. The van der Waals surface area contributed by atoms with Gasteiger partial charge in [0.05, 0.1) is 23.4 Å². The van der Waals surface area contributed by atoms with Gasteiger partial charge in [-0.25, -0.2) is 0 Å². The lowest BCUT2D eigenvalue weighted by Gasteiger charge is -2.13. The summed E-state index contributed by atoms with van der Waals surface area (Å²) in [5.41, 5.74) is 9.42. The standard InChI is InChI=1S/C16H15Cl2N3O2S/c1-22-14-4-2-3-11(8-20-21-16(19)24)15(14)23-9-10-5-6-12(17)13(18)7-10/h2-8H,9H2,1H3,(H3,19,21,24)/b20-8+. The van der Waals surface area contributed by atoms with E-state index in [4.69, 9.17) is 50.6 Å². The molecule has 0 aliphatic heterocycles.